The van der Waals surface area contributed by atoms with E-state index >= 15 is 0 Å². The molecule has 0 saturated carbocycles. The lowest BCUT2D eigenvalue weighted by atomic mass is 10.1. The molecule has 1 aliphatic rings. The van der Waals surface area contributed by atoms with Crippen LogP contribution in [0.2, 0.25) is 0 Å². The summed E-state index contributed by atoms with van der Waals surface area (Å²) in [4.78, 5) is 16.8. The van der Waals surface area contributed by atoms with Crippen LogP contribution in [-0.2, 0) is 13.0 Å². The van der Waals surface area contributed by atoms with E-state index in [1.807, 2.05) is 18.2 Å². The van der Waals surface area contributed by atoms with Crippen molar-refractivity contribution in [1.82, 2.24) is 15.1 Å². The Kier molecular flexibility index (Phi) is 7.97. The van der Waals surface area contributed by atoms with E-state index in [-0.39, 0.29) is 6.03 Å². The summed E-state index contributed by atoms with van der Waals surface area (Å²) in [7, 11) is 5.07. The standard InChI is InChI=1S/C24H33N3O3/c1-26(18-21-15-22(29-2)9-10-23(21)30-3)24(28)25-16-20-12-14-27(17-20)13-11-19-7-5-4-6-8-19/h4-10,15,20H,11-14,16-18H2,1-3H3,(H,25,28). The molecule has 0 spiro atoms. The molecule has 0 bridgehead atoms. The minimum atomic E-state index is -0.0670. The van der Waals surface area contributed by atoms with Crippen LogP contribution in [0.1, 0.15) is 17.5 Å². The Morgan fingerprint density at radius 3 is 2.70 bits per heavy atom. The molecule has 1 aliphatic heterocycles. The maximum absolute atomic E-state index is 12.6. The van der Waals surface area contributed by atoms with Crippen molar-refractivity contribution < 1.29 is 14.3 Å². The highest BCUT2D eigenvalue weighted by Gasteiger charge is 2.23. The van der Waals surface area contributed by atoms with Gasteiger partial charge in [0.15, 0.2) is 0 Å². The summed E-state index contributed by atoms with van der Waals surface area (Å²) >= 11 is 0. The van der Waals surface area contributed by atoms with Gasteiger partial charge in [0.05, 0.1) is 20.8 Å². The first-order valence-electron chi connectivity index (χ1n) is 10.5. The second kappa shape index (κ2) is 10.9. The monoisotopic (exact) mass is 411 g/mol. The molecule has 1 atom stereocenters. The number of urea groups is 1. The Hall–Kier alpha value is -2.73. The largest absolute Gasteiger partial charge is 0.497 e. The summed E-state index contributed by atoms with van der Waals surface area (Å²) < 4.78 is 10.7. The summed E-state index contributed by atoms with van der Waals surface area (Å²) in [5.41, 5.74) is 2.30. The summed E-state index contributed by atoms with van der Waals surface area (Å²) in [6, 6.07) is 16.2. The molecule has 1 fully saturated rings. The highest BCUT2D eigenvalue weighted by atomic mass is 16.5. The van der Waals surface area contributed by atoms with Crippen molar-refractivity contribution in [3.63, 3.8) is 0 Å². The number of rotatable bonds is 9. The number of nitrogens with zero attached hydrogens (tertiary/aromatic N) is 2. The normalized spacial score (nSPS) is 16.3. The molecule has 3 rings (SSSR count). The van der Waals surface area contributed by atoms with E-state index in [0.29, 0.717) is 19.0 Å². The molecule has 2 aromatic rings. The molecule has 0 aromatic heterocycles. The average Bonchev–Trinajstić information content (AvgIpc) is 3.24. The second-order valence-electron chi connectivity index (χ2n) is 7.91. The van der Waals surface area contributed by atoms with Crippen LogP contribution in [0.3, 0.4) is 0 Å². The molecule has 0 aliphatic carbocycles. The Balaban J connectivity index is 1.42. The number of methoxy groups -OCH3 is 2. The number of amides is 2. The van der Waals surface area contributed by atoms with Crippen molar-refractivity contribution in [1.29, 1.82) is 0 Å². The number of likely N-dealkylation sites (tertiary alicyclic amines) is 1. The van der Waals surface area contributed by atoms with E-state index in [2.05, 4.69) is 40.5 Å². The molecule has 1 N–H and O–H groups in total. The van der Waals surface area contributed by atoms with Crippen LogP contribution in [0.25, 0.3) is 0 Å². The zero-order valence-corrected chi connectivity index (χ0v) is 18.3. The first-order chi connectivity index (χ1) is 14.6. The minimum Gasteiger partial charge on any atom is -0.497 e. The number of benzene rings is 2. The molecule has 6 nitrogen and oxygen atoms in total. The molecule has 6 heteroatoms. The number of hydrogen-bond donors (Lipinski definition) is 1. The molecule has 2 amide bonds. The number of nitrogens with one attached hydrogen (secondary N) is 1. The van der Waals surface area contributed by atoms with E-state index in [0.717, 1.165) is 49.5 Å². The molecule has 1 unspecified atom stereocenters. The van der Waals surface area contributed by atoms with Gasteiger partial charge in [0.1, 0.15) is 11.5 Å². The molecule has 1 saturated heterocycles. The third-order valence-corrected chi connectivity index (χ3v) is 5.71. The van der Waals surface area contributed by atoms with Crippen LogP contribution in [0.5, 0.6) is 11.5 Å². The van der Waals surface area contributed by atoms with Gasteiger partial charge in [0.25, 0.3) is 0 Å². The van der Waals surface area contributed by atoms with Crippen LogP contribution >= 0.6 is 0 Å². The maximum atomic E-state index is 12.6. The molecular formula is C24H33N3O3. The smallest absolute Gasteiger partial charge is 0.317 e. The van der Waals surface area contributed by atoms with Crippen molar-refractivity contribution in [2.45, 2.75) is 19.4 Å². The topological polar surface area (TPSA) is 54.0 Å². The fraction of sp³-hybridized carbons (Fsp3) is 0.458. The SMILES string of the molecule is COc1ccc(OC)c(CN(C)C(=O)NCC2CCN(CCc3ccccc3)C2)c1. The lowest BCUT2D eigenvalue weighted by Gasteiger charge is -2.21. The van der Waals surface area contributed by atoms with Gasteiger partial charge in [-0.1, -0.05) is 30.3 Å². The van der Waals surface area contributed by atoms with Gasteiger partial charge in [-0.2, -0.15) is 0 Å². The van der Waals surface area contributed by atoms with E-state index in [4.69, 9.17) is 9.47 Å². The van der Waals surface area contributed by atoms with E-state index < -0.39 is 0 Å². The van der Waals surface area contributed by atoms with Crippen molar-refractivity contribution in [3.05, 3.63) is 59.7 Å². The molecule has 0 radical (unpaired) electrons. The number of ether oxygens (including phenoxy) is 2. The van der Waals surface area contributed by atoms with Gasteiger partial charge in [0, 0.05) is 32.2 Å². The Morgan fingerprint density at radius 1 is 1.17 bits per heavy atom. The van der Waals surface area contributed by atoms with Gasteiger partial charge >= 0.3 is 6.03 Å². The van der Waals surface area contributed by atoms with Crippen molar-refractivity contribution in [2.75, 3.05) is 47.4 Å². The lowest BCUT2D eigenvalue weighted by Crippen LogP contribution is -2.39. The summed E-state index contributed by atoms with van der Waals surface area (Å²) in [6.45, 7) is 4.38. The Bertz CT molecular complexity index is 813. The van der Waals surface area contributed by atoms with Crippen LogP contribution in [0, 0.1) is 5.92 Å². The number of carbonyl (C=O) groups excluding carboxylic acids is 1. The number of hydrogen-bond acceptors (Lipinski definition) is 4. The summed E-state index contributed by atoms with van der Waals surface area (Å²) in [5.74, 6) is 2.01. The molecular weight excluding hydrogens is 378 g/mol. The average molecular weight is 412 g/mol. The van der Waals surface area contributed by atoms with Crippen LogP contribution < -0.4 is 14.8 Å². The van der Waals surface area contributed by atoms with E-state index in [9.17, 15) is 4.79 Å². The Labute approximate surface area is 179 Å². The van der Waals surface area contributed by atoms with E-state index in [1.54, 1.807) is 26.2 Å². The summed E-state index contributed by atoms with van der Waals surface area (Å²) in [6.07, 6.45) is 2.20. The first kappa shape index (κ1) is 22.0. The highest BCUT2D eigenvalue weighted by molar-refractivity contribution is 5.74. The zero-order chi connectivity index (χ0) is 21.3. The van der Waals surface area contributed by atoms with Crippen molar-refractivity contribution in [3.8, 4) is 11.5 Å². The van der Waals surface area contributed by atoms with Crippen molar-refractivity contribution in [2.24, 2.45) is 5.92 Å². The third-order valence-electron chi connectivity index (χ3n) is 5.71. The zero-order valence-electron chi connectivity index (χ0n) is 18.3. The van der Waals surface area contributed by atoms with Crippen LogP contribution in [-0.4, -0.2) is 63.3 Å². The third kappa shape index (κ3) is 6.13. The van der Waals surface area contributed by atoms with E-state index in [1.165, 1.54) is 5.56 Å². The predicted molar refractivity (Wildman–Crippen MR) is 119 cm³/mol. The minimum absolute atomic E-state index is 0.0670. The maximum Gasteiger partial charge on any atom is 0.317 e. The molecule has 30 heavy (non-hydrogen) atoms. The van der Waals surface area contributed by atoms with Gasteiger partial charge in [0.2, 0.25) is 0 Å². The molecule has 2 aromatic carbocycles. The predicted octanol–water partition coefficient (Wildman–Crippen LogP) is 3.41. The highest BCUT2D eigenvalue weighted by Crippen LogP contribution is 2.25. The Morgan fingerprint density at radius 2 is 1.97 bits per heavy atom. The van der Waals surface area contributed by atoms with Gasteiger partial charge in [-0.15, -0.1) is 0 Å². The first-order valence-corrected chi connectivity index (χ1v) is 10.5. The van der Waals surface area contributed by atoms with Gasteiger partial charge in [-0.25, -0.2) is 4.79 Å². The fourth-order valence-electron chi connectivity index (χ4n) is 3.91. The second-order valence-corrected chi connectivity index (χ2v) is 7.91. The lowest BCUT2D eigenvalue weighted by molar-refractivity contribution is 0.204. The van der Waals surface area contributed by atoms with Crippen LogP contribution in [0.4, 0.5) is 4.79 Å². The van der Waals surface area contributed by atoms with Gasteiger partial charge in [-0.3, -0.25) is 0 Å². The van der Waals surface area contributed by atoms with Crippen LogP contribution in [0.15, 0.2) is 48.5 Å². The van der Waals surface area contributed by atoms with Gasteiger partial charge in [-0.05, 0) is 49.1 Å². The van der Waals surface area contributed by atoms with Crippen molar-refractivity contribution >= 4 is 6.03 Å². The quantitative estimate of drug-likeness (QED) is 0.687. The summed E-state index contributed by atoms with van der Waals surface area (Å²) in [5, 5.41) is 3.09. The van der Waals surface area contributed by atoms with Gasteiger partial charge < -0.3 is 24.6 Å². The molecule has 1 heterocycles. The molecule has 162 valence electrons. The fourth-order valence-corrected chi connectivity index (χ4v) is 3.91. The number of carbonyl (C=O) groups is 1.